The van der Waals surface area contributed by atoms with Crippen LogP contribution < -0.4 is 10.6 Å². The van der Waals surface area contributed by atoms with E-state index in [-0.39, 0.29) is 5.91 Å². The van der Waals surface area contributed by atoms with Crippen LogP contribution in [0, 0.1) is 5.92 Å². The van der Waals surface area contributed by atoms with Crippen LogP contribution in [0.5, 0.6) is 0 Å². The molecule has 1 aliphatic carbocycles. The molecule has 8 heteroatoms. The Balaban J connectivity index is 1.33. The highest BCUT2D eigenvalue weighted by molar-refractivity contribution is 5.97. The van der Waals surface area contributed by atoms with Crippen molar-refractivity contribution in [3.63, 3.8) is 0 Å². The maximum atomic E-state index is 12.9. The Morgan fingerprint density at radius 3 is 2.62 bits per heavy atom. The van der Waals surface area contributed by atoms with E-state index in [0.717, 1.165) is 55.1 Å². The monoisotopic (exact) mass is 461 g/mol. The molecule has 2 fully saturated rings. The maximum Gasteiger partial charge on any atom is 0.270 e. The van der Waals surface area contributed by atoms with Crippen LogP contribution in [-0.4, -0.2) is 57.5 Å². The van der Waals surface area contributed by atoms with Crippen molar-refractivity contribution in [3.05, 3.63) is 41.9 Å². The SMILES string of the molecule is CN(C)C(=O)c1cc2cnc(Nc3ccc(CCC4CCNCC4)cn3)nc2n1C1CCCC1. The first-order chi connectivity index (χ1) is 16.6. The largest absolute Gasteiger partial charge is 0.343 e. The Bertz CT molecular complexity index is 1130. The molecular formula is C26H35N7O. The van der Waals surface area contributed by atoms with E-state index in [0.29, 0.717) is 17.7 Å². The van der Waals surface area contributed by atoms with Gasteiger partial charge in [0.2, 0.25) is 5.95 Å². The van der Waals surface area contributed by atoms with Crippen molar-refractivity contribution in [2.45, 2.75) is 57.4 Å². The van der Waals surface area contributed by atoms with Gasteiger partial charge in [0.1, 0.15) is 17.2 Å². The van der Waals surface area contributed by atoms with Crippen molar-refractivity contribution in [1.29, 1.82) is 0 Å². The van der Waals surface area contributed by atoms with Gasteiger partial charge in [0, 0.05) is 37.9 Å². The van der Waals surface area contributed by atoms with Gasteiger partial charge in [0.15, 0.2) is 0 Å². The highest BCUT2D eigenvalue weighted by Gasteiger charge is 2.26. The molecule has 0 atom stereocenters. The Morgan fingerprint density at radius 2 is 1.91 bits per heavy atom. The highest BCUT2D eigenvalue weighted by atomic mass is 16.2. The van der Waals surface area contributed by atoms with Gasteiger partial charge in [-0.3, -0.25) is 4.79 Å². The summed E-state index contributed by atoms with van der Waals surface area (Å²) >= 11 is 0. The van der Waals surface area contributed by atoms with Gasteiger partial charge in [-0.05, 0) is 75.2 Å². The Kier molecular flexibility index (Phi) is 6.76. The third-order valence-electron chi connectivity index (χ3n) is 7.26. The van der Waals surface area contributed by atoms with Crippen molar-refractivity contribution >= 4 is 28.7 Å². The van der Waals surface area contributed by atoms with Gasteiger partial charge < -0.3 is 20.1 Å². The number of fused-ring (bicyclic) bond motifs is 1. The molecule has 1 saturated heterocycles. The summed E-state index contributed by atoms with van der Waals surface area (Å²) in [4.78, 5) is 28.4. The molecule has 1 amide bonds. The molecule has 2 N–H and O–H groups in total. The minimum atomic E-state index is 0.00107. The molecule has 0 bridgehead atoms. The average molecular weight is 462 g/mol. The normalized spacial score (nSPS) is 17.4. The smallest absolute Gasteiger partial charge is 0.270 e. The molecule has 0 spiro atoms. The maximum absolute atomic E-state index is 12.9. The van der Waals surface area contributed by atoms with Gasteiger partial charge in [0.05, 0.1) is 0 Å². The van der Waals surface area contributed by atoms with E-state index in [1.54, 1.807) is 25.2 Å². The van der Waals surface area contributed by atoms with Crippen molar-refractivity contribution in [3.8, 4) is 0 Å². The van der Waals surface area contributed by atoms with Crippen LogP contribution in [0.1, 0.15) is 67.0 Å². The number of amides is 1. The van der Waals surface area contributed by atoms with Crippen LogP contribution in [0.25, 0.3) is 11.0 Å². The first-order valence-corrected chi connectivity index (χ1v) is 12.6. The molecule has 8 nitrogen and oxygen atoms in total. The minimum Gasteiger partial charge on any atom is -0.343 e. The van der Waals surface area contributed by atoms with Crippen molar-refractivity contribution in [1.82, 2.24) is 29.7 Å². The van der Waals surface area contributed by atoms with Gasteiger partial charge >= 0.3 is 0 Å². The standard InChI is InChI=1S/C26H35N7O/c1-32(2)25(34)22-15-20-17-29-26(31-24(20)33(22)21-5-3-4-6-21)30-23-10-9-19(16-28-23)8-7-18-11-13-27-14-12-18/h9-10,15-18,21,27H,3-8,11-14H2,1-2H3,(H,28,29,30,31). The molecule has 2 aliphatic rings. The lowest BCUT2D eigenvalue weighted by atomic mass is 9.92. The number of carbonyl (C=O) groups is 1. The van der Waals surface area contributed by atoms with Crippen molar-refractivity contribution < 1.29 is 4.79 Å². The number of nitrogens with one attached hydrogen (secondary N) is 2. The summed E-state index contributed by atoms with van der Waals surface area (Å²) in [6.07, 6.45) is 13.1. The second kappa shape index (κ2) is 10.1. The van der Waals surface area contributed by atoms with Crippen LogP contribution in [0.3, 0.4) is 0 Å². The molecule has 3 aromatic rings. The third kappa shape index (κ3) is 4.92. The molecule has 0 radical (unpaired) electrons. The lowest BCUT2D eigenvalue weighted by molar-refractivity contribution is 0.0815. The van der Waals surface area contributed by atoms with E-state index < -0.39 is 0 Å². The summed E-state index contributed by atoms with van der Waals surface area (Å²) in [5.41, 5.74) is 2.77. The molecule has 34 heavy (non-hydrogen) atoms. The Hall–Kier alpha value is -3.00. The molecule has 180 valence electrons. The molecule has 3 aromatic heterocycles. The number of carbonyl (C=O) groups excluding carboxylic acids is 1. The van der Waals surface area contributed by atoms with Gasteiger partial charge in [-0.1, -0.05) is 18.9 Å². The minimum absolute atomic E-state index is 0.00107. The molecule has 4 heterocycles. The summed E-state index contributed by atoms with van der Waals surface area (Å²) in [5.74, 6) is 2.05. The number of rotatable bonds is 7. The zero-order valence-electron chi connectivity index (χ0n) is 20.3. The lowest BCUT2D eigenvalue weighted by Crippen LogP contribution is -2.27. The summed E-state index contributed by atoms with van der Waals surface area (Å²) < 4.78 is 2.13. The van der Waals surface area contributed by atoms with Gasteiger partial charge in [-0.25, -0.2) is 9.97 Å². The Morgan fingerprint density at radius 1 is 1.12 bits per heavy atom. The summed E-state index contributed by atoms with van der Waals surface area (Å²) in [6, 6.07) is 6.37. The summed E-state index contributed by atoms with van der Waals surface area (Å²) in [5, 5.41) is 7.58. The average Bonchev–Trinajstić information content (AvgIpc) is 3.51. The van der Waals surface area contributed by atoms with Crippen LogP contribution in [-0.2, 0) is 6.42 Å². The van der Waals surface area contributed by atoms with E-state index in [4.69, 9.17) is 4.98 Å². The van der Waals surface area contributed by atoms with E-state index >= 15 is 0 Å². The second-order valence-corrected chi connectivity index (χ2v) is 9.92. The quantitative estimate of drug-likeness (QED) is 0.545. The van der Waals surface area contributed by atoms with E-state index in [1.807, 2.05) is 18.3 Å². The molecule has 0 unspecified atom stereocenters. The first-order valence-electron chi connectivity index (χ1n) is 12.6. The number of hydrogen-bond donors (Lipinski definition) is 2. The van der Waals surface area contributed by atoms with Crippen LogP contribution in [0.15, 0.2) is 30.6 Å². The summed E-state index contributed by atoms with van der Waals surface area (Å²) in [7, 11) is 3.58. The predicted octanol–water partition coefficient (Wildman–Crippen LogP) is 4.32. The molecule has 1 aliphatic heterocycles. The van der Waals surface area contributed by atoms with Crippen molar-refractivity contribution in [2.75, 3.05) is 32.5 Å². The fourth-order valence-corrected chi connectivity index (χ4v) is 5.30. The van der Waals surface area contributed by atoms with Crippen LogP contribution >= 0.6 is 0 Å². The van der Waals surface area contributed by atoms with Gasteiger partial charge in [-0.15, -0.1) is 0 Å². The first kappa shape index (κ1) is 22.8. The molecule has 5 rings (SSSR count). The zero-order chi connectivity index (χ0) is 23.5. The van der Waals surface area contributed by atoms with E-state index in [1.165, 1.54) is 37.7 Å². The second-order valence-electron chi connectivity index (χ2n) is 9.92. The van der Waals surface area contributed by atoms with Gasteiger partial charge in [0.25, 0.3) is 5.91 Å². The number of pyridine rings is 1. The van der Waals surface area contributed by atoms with Crippen LogP contribution in [0.2, 0.25) is 0 Å². The highest BCUT2D eigenvalue weighted by Crippen LogP contribution is 2.35. The number of hydrogen-bond acceptors (Lipinski definition) is 6. The predicted molar refractivity (Wildman–Crippen MR) is 134 cm³/mol. The lowest BCUT2D eigenvalue weighted by Gasteiger charge is -2.22. The van der Waals surface area contributed by atoms with Crippen molar-refractivity contribution in [2.24, 2.45) is 5.92 Å². The van der Waals surface area contributed by atoms with Crippen LogP contribution in [0.4, 0.5) is 11.8 Å². The third-order valence-corrected chi connectivity index (χ3v) is 7.26. The van der Waals surface area contributed by atoms with Gasteiger partial charge in [-0.2, -0.15) is 4.98 Å². The number of nitrogens with zero attached hydrogens (tertiary/aromatic N) is 5. The number of aryl methyl sites for hydroxylation is 1. The number of piperidine rings is 1. The fourth-order valence-electron chi connectivity index (χ4n) is 5.30. The molecular weight excluding hydrogens is 426 g/mol. The molecule has 1 saturated carbocycles. The van der Waals surface area contributed by atoms with E-state index in [2.05, 4.69) is 31.2 Å². The Labute approximate surface area is 201 Å². The van der Waals surface area contributed by atoms with E-state index in [9.17, 15) is 4.79 Å². The molecule has 0 aromatic carbocycles. The number of aromatic nitrogens is 4. The fraction of sp³-hybridized carbons (Fsp3) is 0.538. The number of anilines is 2. The summed E-state index contributed by atoms with van der Waals surface area (Å²) in [6.45, 7) is 2.29. The zero-order valence-corrected chi connectivity index (χ0v) is 20.3. The topological polar surface area (TPSA) is 88.0 Å².